The summed E-state index contributed by atoms with van der Waals surface area (Å²) in [4.78, 5) is 17.6. The van der Waals surface area contributed by atoms with Crippen LogP contribution in [0.25, 0.3) is 0 Å². The molecule has 0 heterocycles. The predicted molar refractivity (Wildman–Crippen MR) is 146 cm³/mol. The molecule has 0 radical (unpaired) electrons. The molecular weight excluding hydrogens is 416 g/mol. The van der Waals surface area contributed by atoms with E-state index in [1.54, 1.807) is 0 Å². The van der Waals surface area contributed by atoms with Crippen LogP contribution >= 0.6 is 0 Å². The van der Waals surface area contributed by atoms with Gasteiger partial charge in [-0.05, 0) is 99.5 Å². The van der Waals surface area contributed by atoms with Gasteiger partial charge in [-0.15, -0.1) is 0 Å². The molecule has 3 rings (SSSR count). The number of para-hydroxylation sites is 1. The molecule has 0 aliphatic heterocycles. The molecule has 3 aromatic rings. The van der Waals surface area contributed by atoms with Crippen LogP contribution in [0.5, 0.6) is 0 Å². The zero-order chi connectivity index (χ0) is 24.7. The summed E-state index contributed by atoms with van der Waals surface area (Å²) in [6.07, 6.45) is 3.68. The summed E-state index contributed by atoms with van der Waals surface area (Å²) in [5, 5.41) is 0. The van der Waals surface area contributed by atoms with Crippen molar-refractivity contribution in [1.29, 1.82) is 0 Å². The number of allylic oxidation sites excluding steroid dienone is 3. The largest absolute Gasteiger partial charge is 0.342 e. The molecule has 0 amide bonds. The van der Waals surface area contributed by atoms with Crippen molar-refractivity contribution in [2.45, 2.75) is 27.7 Å². The number of carbonyl (C=O) groups excluding carboxylic acids is 1. The summed E-state index contributed by atoms with van der Waals surface area (Å²) in [5.74, 6) is 0.0156. The predicted octanol–water partition coefficient (Wildman–Crippen LogP) is 7.86. The summed E-state index contributed by atoms with van der Waals surface area (Å²) in [5.41, 5.74) is 7.92. The first-order chi connectivity index (χ1) is 16.4. The Hall–Kier alpha value is -3.85. The molecule has 0 saturated carbocycles. The van der Waals surface area contributed by atoms with Crippen LogP contribution in [0.3, 0.4) is 0 Å². The third-order valence-corrected chi connectivity index (χ3v) is 6.12. The second kappa shape index (κ2) is 11.3. The van der Waals surface area contributed by atoms with Gasteiger partial charge < -0.3 is 9.80 Å². The molecule has 0 fully saturated rings. The van der Waals surface area contributed by atoms with E-state index in [1.165, 1.54) is 11.3 Å². The van der Waals surface area contributed by atoms with Crippen molar-refractivity contribution in [3.05, 3.63) is 126 Å². The van der Waals surface area contributed by atoms with E-state index in [2.05, 4.69) is 68.0 Å². The maximum absolute atomic E-state index is 13.2. The maximum atomic E-state index is 13.2. The van der Waals surface area contributed by atoms with E-state index in [0.717, 1.165) is 35.7 Å². The standard InChI is InChI=1S/C31H34N2O/c1-7-23(5)29(8-2)32(9-3)27-19-15-25(16-20-27)31(34)26-17-21-28(22-18-26)33(10-4)30-14-12-11-13-24(30)6/h7-8,11-22H,1-2,9-10H2,3-6H3/b29-23+. The second-order valence-electron chi connectivity index (χ2n) is 8.17. The molecule has 174 valence electrons. The summed E-state index contributed by atoms with van der Waals surface area (Å²) >= 11 is 0. The first-order valence-corrected chi connectivity index (χ1v) is 11.8. The fraction of sp³-hybridized carbons (Fsp3) is 0.194. The van der Waals surface area contributed by atoms with Gasteiger partial charge in [0.1, 0.15) is 0 Å². The first-order valence-electron chi connectivity index (χ1n) is 11.8. The monoisotopic (exact) mass is 450 g/mol. The van der Waals surface area contributed by atoms with Crippen molar-refractivity contribution in [2.24, 2.45) is 0 Å². The van der Waals surface area contributed by atoms with Crippen LogP contribution in [-0.4, -0.2) is 18.9 Å². The number of ketones is 1. The van der Waals surface area contributed by atoms with E-state index < -0.39 is 0 Å². The van der Waals surface area contributed by atoms with Crippen LogP contribution in [0.1, 0.15) is 42.3 Å². The summed E-state index contributed by atoms with van der Waals surface area (Å²) < 4.78 is 0. The van der Waals surface area contributed by atoms with Gasteiger partial charge in [-0.25, -0.2) is 0 Å². The molecule has 0 aliphatic rings. The van der Waals surface area contributed by atoms with E-state index in [1.807, 2.05) is 67.6 Å². The number of anilines is 3. The van der Waals surface area contributed by atoms with Crippen LogP contribution in [0, 0.1) is 6.92 Å². The summed E-state index contributed by atoms with van der Waals surface area (Å²) in [7, 11) is 0. The Kier molecular flexibility index (Phi) is 8.26. The van der Waals surface area contributed by atoms with Crippen LogP contribution < -0.4 is 9.80 Å². The van der Waals surface area contributed by atoms with E-state index in [0.29, 0.717) is 11.1 Å². The highest BCUT2D eigenvalue weighted by molar-refractivity contribution is 6.09. The maximum Gasteiger partial charge on any atom is 0.193 e. The number of benzene rings is 3. The number of aryl methyl sites for hydroxylation is 1. The molecule has 3 heteroatoms. The fourth-order valence-electron chi connectivity index (χ4n) is 4.19. The minimum absolute atomic E-state index is 0.0156. The highest BCUT2D eigenvalue weighted by atomic mass is 16.1. The van der Waals surface area contributed by atoms with E-state index in [-0.39, 0.29) is 5.78 Å². The Balaban J connectivity index is 1.83. The molecule has 3 aromatic carbocycles. The van der Waals surface area contributed by atoms with Gasteiger partial charge in [-0.1, -0.05) is 37.4 Å². The Morgan fingerprint density at radius 1 is 0.794 bits per heavy atom. The number of hydrogen-bond donors (Lipinski definition) is 0. The third kappa shape index (κ3) is 5.20. The van der Waals surface area contributed by atoms with Gasteiger partial charge in [0.25, 0.3) is 0 Å². The lowest BCUT2D eigenvalue weighted by Gasteiger charge is -2.26. The molecule has 0 spiro atoms. The van der Waals surface area contributed by atoms with Crippen molar-refractivity contribution in [3.63, 3.8) is 0 Å². The van der Waals surface area contributed by atoms with Gasteiger partial charge in [0.05, 0.1) is 0 Å². The van der Waals surface area contributed by atoms with Gasteiger partial charge in [0, 0.05) is 47.0 Å². The molecule has 0 saturated heterocycles. The van der Waals surface area contributed by atoms with E-state index in [4.69, 9.17) is 0 Å². The molecule has 3 nitrogen and oxygen atoms in total. The zero-order valence-corrected chi connectivity index (χ0v) is 20.7. The van der Waals surface area contributed by atoms with Crippen LogP contribution in [0.15, 0.2) is 109 Å². The molecule has 0 aliphatic carbocycles. The Morgan fingerprint density at radius 3 is 1.82 bits per heavy atom. The highest BCUT2D eigenvalue weighted by Gasteiger charge is 2.14. The number of rotatable bonds is 10. The fourth-order valence-corrected chi connectivity index (χ4v) is 4.19. The van der Waals surface area contributed by atoms with Crippen molar-refractivity contribution < 1.29 is 4.79 Å². The molecule has 0 bridgehead atoms. The third-order valence-electron chi connectivity index (χ3n) is 6.12. The average molecular weight is 451 g/mol. The van der Waals surface area contributed by atoms with Gasteiger partial charge >= 0.3 is 0 Å². The minimum Gasteiger partial charge on any atom is -0.342 e. The Bertz CT molecular complexity index is 1190. The minimum atomic E-state index is 0.0156. The molecule has 0 N–H and O–H groups in total. The van der Waals surface area contributed by atoms with Crippen molar-refractivity contribution in [3.8, 4) is 0 Å². The topological polar surface area (TPSA) is 23.6 Å². The van der Waals surface area contributed by atoms with E-state index >= 15 is 0 Å². The summed E-state index contributed by atoms with van der Waals surface area (Å²) in [6.45, 7) is 17.8. The Morgan fingerprint density at radius 2 is 1.35 bits per heavy atom. The van der Waals surface area contributed by atoms with Crippen molar-refractivity contribution >= 4 is 22.8 Å². The smallest absolute Gasteiger partial charge is 0.193 e. The van der Waals surface area contributed by atoms with Gasteiger partial charge in [-0.2, -0.15) is 0 Å². The molecule has 0 aromatic heterocycles. The van der Waals surface area contributed by atoms with E-state index in [9.17, 15) is 4.79 Å². The molecule has 0 unspecified atom stereocenters. The van der Waals surface area contributed by atoms with Crippen LogP contribution in [-0.2, 0) is 0 Å². The van der Waals surface area contributed by atoms with Crippen molar-refractivity contribution in [1.82, 2.24) is 0 Å². The average Bonchev–Trinajstić information content (AvgIpc) is 2.88. The lowest BCUT2D eigenvalue weighted by Crippen LogP contribution is -2.21. The zero-order valence-electron chi connectivity index (χ0n) is 20.7. The molecule has 0 atom stereocenters. The van der Waals surface area contributed by atoms with Gasteiger partial charge in [0.15, 0.2) is 5.78 Å². The molecular formula is C31H34N2O. The van der Waals surface area contributed by atoms with Gasteiger partial charge in [0.2, 0.25) is 0 Å². The number of nitrogens with zero attached hydrogens (tertiary/aromatic N) is 2. The summed E-state index contributed by atoms with van der Waals surface area (Å²) in [6, 6.07) is 24.0. The first kappa shape index (κ1) is 24.8. The SMILES string of the molecule is C=C/C(C)=C(\C=C)N(CC)c1ccc(C(=O)c2ccc(N(CC)c3ccccc3C)cc2)cc1. The lowest BCUT2D eigenvalue weighted by atomic mass is 10.0. The normalized spacial score (nSPS) is 11.4. The highest BCUT2D eigenvalue weighted by Crippen LogP contribution is 2.29. The lowest BCUT2D eigenvalue weighted by molar-refractivity contribution is 0.103. The quantitative estimate of drug-likeness (QED) is 0.232. The van der Waals surface area contributed by atoms with Gasteiger partial charge in [-0.3, -0.25) is 4.79 Å². The van der Waals surface area contributed by atoms with Crippen molar-refractivity contribution in [2.75, 3.05) is 22.9 Å². The number of hydrogen-bond acceptors (Lipinski definition) is 3. The Labute approximate surface area is 204 Å². The van der Waals surface area contributed by atoms with Crippen LogP contribution in [0.2, 0.25) is 0 Å². The second-order valence-corrected chi connectivity index (χ2v) is 8.17. The number of likely N-dealkylation sites (N-methyl/N-ethyl adjacent to an activating group) is 1. The van der Waals surface area contributed by atoms with Crippen LogP contribution in [0.4, 0.5) is 17.1 Å². The number of carbonyl (C=O) groups is 1. The molecule has 34 heavy (non-hydrogen) atoms.